The first-order valence-corrected chi connectivity index (χ1v) is 15.2. The van der Waals surface area contributed by atoms with Crippen molar-refractivity contribution in [3.8, 4) is 5.75 Å². The van der Waals surface area contributed by atoms with Crippen molar-refractivity contribution in [2.24, 2.45) is 17.8 Å². The van der Waals surface area contributed by atoms with E-state index in [4.69, 9.17) is 4.74 Å². The number of fused-ring (bicyclic) bond motifs is 1. The van der Waals surface area contributed by atoms with E-state index in [0.29, 0.717) is 39.4 Å². The number of phenolic OH excluding ortho intramolecular Hbond substituents is 1. The number of anilines is 1. The lowest BCUT2D eigenvalue weighted by Crippen LogP contribution is -2.39. The molecule has 3 aromatic rings. The van der Waals surface area contributed by atoms with Crippen molar-refractivity contribution >= 4 is 29.2 Å². The molecule has 1 fully saturated rings. The van der Waals surface area contributed by atoms with Crippen LogP contribution < -0.4 is 4.90 Å². The molecule has 1 aliphatic heterocycles. The van der Waals surface area contributed by atoms with E-state index in [-0.39, 0.29) is 43.3 Å². The van der Waals surface area contributed by atoms with Crippen LogP contribution in [0.25, 0.3) is 11.6 Å². The van der Waals surface area contributed by atoms with Gasteiger partial charge in [-0.2, -0.15) is 26.3 Å². The maximum Gasteiger partial charge on any atom is 0.416 e. The third-order valence-corrected chi connectivity index (χ3v) is 8.78. The number of hydrogen-bond acceptors (Lipinski definition) is 7. The fourth-order valence-electron chi connectivity index (χ4n) is 6.68. The average Bonchev–Trinajstić information content (AvgIpc) is 3.30. The highest BCUT2D eigenvalue weighted by Gasteiger charge is 2.55. The SMILES string of the molecule is COCC1=C([C@H](O)CC/C(=C/c2cccc(O)c2)c2ccccn2)[C@H](CO)[C@@H]2C(=O)N(c3cc(C(F)(F)F)cc(C(F)(F)F)c3)C(=O)[C@@H]2C1. The second kappa shape index (κ2) is 14.1. The second-order valence-corrected chi connectivity index (χ2v) is 11.9. The topological polar surface area (TPSA) is 120 Å². The summed E-state index contributed by atoms with van der Waals surface area (Å²) in [4.78, 5) is 32.2. The molecule has 2 aromatic carbocycles. The maximum atomic E-state index is 13.8. The van der Waals surface area contributed by atoms with Gasteiger partial charge in [0, 0.05) is 19.2 Å². The van der Waals surface area contributed by atoms with Crippen molar-refractivity contribution in [1.82, 2.24) is 4.98 Å². The van der Waals surface area contributed by atoms with E-state index >= 15 is 0 Å². The molecule has 1 saturated heterocycles. The monoisotopic (exact) mass is 690 g/mol. The Morgan fingerprint density at radius 1 is 1.00 bits per heavy atom. The number of phenols is 1. The molecule has 1 aromatic heterocycles. The number of halogens is 6. The summed E-state index contributed by atoms with van der Waals surface area (Å²) in [6.45, 7) is -0.877. The van der Waals surface area contributed by atoms with Gasteiger partial charge in [0.1, 0.15) is 5.75 Å². The van der Waals surface area contributed by atoms with Crippen molar-refractivity contribution < 1.29 is 56.0 Å². The van der Waals surface area contributed by atoms with Gasteiger partial charge in [0.15, 0.2) is 0 Å². The standard InChI is InChI=1S/C35H32F6N2O6/c1-49-18-21-13-26-31(33(48)43(32(26)47)24-15-22(34(36,37)38)14-23(16-24)35(39,40)41)27(17-44)30(21)29(46)9-8-20(28-7-2-3-10-42-28)11-19-5-4-6-25(45)12-19/h2-7,10-12,14-16,26-27,29,31,44-46H,8-9,13,17-18H2,1H3/b20-11-/t26-,27+,29-,31-/m1/s1. The number of hydrogen-bond donors (Lipinski definition) is 3. The highest BCUT2D eigenvalue weighted by Crippen LogP contribution is 2.48. The first kappa shape index (κ1) is 35.8. The van der Waals surface area contributed by atoms with Crippen molar-refractivity contribution in [3.63, 3.8) is 0 Å². The van der Waals surface area contributed by atoms with E-state index in [1.165, 1.54) is 19.2 Å². The number of imide groups is 1. The molecule has 2 aliphatic rings. The molecule has 0 radical (unpaired) electrons. The minimum Gasteiger partial charge on any atom is -0.508 e. The highest BCUT2D eigenvalue weighted by atomic mass is 19.4. The normalized spacial score (nSPS) is 21.0. The number of carbonyl (C=O) groups excluding carboxylic acids is 2. The molecule has 0 spiro atoms. The molecule has 0 saturated carbocycles. The average molecular weight is 691 g/mol. The number of carbonyl (C=O) groups is 2. The Morgan fingerprint density at radius 3 is 2.27 bits per heavy atom. The molecular formula is C35H32F6N2O6. The lowest BCUT2D eigenvalue weighted by molar-refractivity contribution is -0.143. The lowest BCUT2D eigenvalue weighted by Gasteiger charge is -2.36. The quantitative estimate of drug-likeness (QED) is 0.130. The summed E-state index contributed by atoms with van der Waals surface area (Å²) < 4.78 is 87.1. The van der Waals surface area contributed by atoms with Crippen LogP contribution in [-0.2, 0) is 26.7 Å². The highest BCUT2D eigenvalue weighted by molar-refractivity contribution is 6.22. The summed E-state index contributed by atoms with van der Waals surface area (Å²) in [5.41, 5.74) is -1.76. The fraction of sp³-hybridized carbons (Fsp3) is 0.343. The van der Waals surface area contributed by atoms with Crippen molar-refractivity contribution in [2.75, 3.05) is 25.2 Å². The van der Waals surface area contributed by atoms with Crippen molar-refractivity contribution in [2.45, 2.75) is 37.7 Å². The molecule has 14 heteroatoms. The van der Waals surface area contributed by atoms with Crippen LogP contribution in [0, 0.1) is 17.8 Å². The Kier molecular flexibility index (Phi) is 10.3. The Hall–Kier alpha value is -4.53. The van der Waals surface area contributed by atoms with Gasteiger partial charge < -0.3 is 20.1 Å². The van der Waals surface area contributed by atoms with Gasteiger partial charge in [0.05, 0.1) is 53.7 Å². The van der Waals surface area contributed by atoms with E-state index < -0.39 is 71.4 Å². The Labute approximate surface area is 277 Å². The molecule has 2 amide bonds. The van der Waals surface area contributed by atoms with Crippen LogP contribution in [0.3, 0.4) is 0 Å². The Morgan fingerprint density at radius 2 is 1.69 bits per heavy atom. The molecule has 2 heterocycles. The number of pyridine rings is 1. The third-order valence-electron chi connectivity index (χ3n) is 8.78. The fourth-order valence-corrected chi connectivity index (χ4v) is 6.68. The number of nitrogens with zero attached hydrogens (tertiary/aromatic N) is 2. The maximum absolute atomic E-state index is 13.8. The first-order valence-electron chi connectivity index (χ1n) is 15.2. The van der Waals surface area contributed by atoms with E-state index in [2.05, 4.69) is 4.98 Å². The van der Waals surface area contributed by atoms with Crippen molar-refractivity contribution in [3.05, 3.63) is 100 Å². The van der Waals surface area contributed by atoms with E-state index in [1.807, 2.05) is 0 Å². The summed E-state index contributed by atoms with van der Waals surface area (Å²) in [7, 11) is 1.35. The first-order chi connectivity index (χ1) is 23.1. The minimum atomic E-state index is -5.21. The van der Waals surface area contributed by atoms with Gasteiger partial charge in [-0.25, -0.2) is 4.90 Å². The van der Waals surface area contributed by atoms with Gasteiger partial charge in [0.2, 0.25) is 11.8 Å². The zero-order chi connectivity index (χ0) is 35.7. The third kappa shape index (κ3) is 7.56. The largest absolute Gasteiger partial charge is 0.508 e. The smallest absolute Gasteiger partial charge is 0.416 e. The molecule has 49 heavy (non-hydrogen) atoms. The van der Waals surface area contributed by atoms with Crippen LogP contribution in [0.2, 0.25) is 0 Å². The van der Waals surface area contributed by atoms with Crippen LogP contribution in [-0.4, -0.2) is 58.5 Å². The molecule has 260 valence electrons. The van der Waals surface area contributed by atoms with E-state index in [1.54, 1.807) is 42.6 Å². The number of amides is 2. The summed E-state index contributed by atoms with van der Waals surface area (Å²) in [6, 6.07) is 12.3. The number of aliphatic hydroxyl groups excluding tert-OH is 2. The molecule has 5 rings (SSSR count). The van der Waals surface area contributed by atoms with E-state index in [9.17, 15) is 51.3 Å². The zero-order valence-corrected chi connectivity index (χ0v) is 26.0. The summed E-state index contributed by atoms with van der Waals surface area (Å²) in [5.74, 6) is -5.86. The van der Waals surface area contributed by atoms with Crippen LogP contribution in [0.15, 0.2) is 78.0 Å². The van der Waals surface area contributed by atoms with Gasteiger partial charge in [-0.3, -0.25) is 14.6 Å². The van der Waals surface area contributed by atoms with Gasteiger partial charge in [-0.05, 0) is 90.1 Å². The van der Waals surface area contributed by atoms with Crippen LogP contribution in [0.4, 0.5) is 32.0 Å². The number of allylic oxidation sites excluding steroid dienone is 1. The van der Waals surface area contributed by atoms with Gasteiger partial charge in [-0.15, -0.1) is 0 Å². The predicted molar refractivity (Wildman–Crippen MR) is 165 cm³/mol. The van der Waals surface area contributed by atoms with Gasteiger partial charge >= 0.3 is 12.4 Å². The summed E-state index contributed by atoms with van der Waals surface area (Å²) in [6.07, 6.45) is -8.30. The molecule has 0 unspecified atom stereocenters. The number of alkyl halides is 6. The number of methoxy groups -OCH3 is 1. The molecule has 4 atom stereocenters. The molecular weight excluding hydrogens is 658 g/mol. The number of aromatic nitrogens is 1. The molecule has 0 bridgehead atoms. The van der Waals surface area contributed by atoms with Crippen LogP contribution >= 0.6 is 0 Å². The Balaban J connectivity index is 1.49. The zero-order valence-electron chi connectivity index (χ0n) is 26.0. The number of aliphatic hydroxyl groups is 2. The van der Waals surface area contributed by atoms with Gasteiger partial charge in [0.25, 0.3) is 0 Å². The molecule has 8 nitrogen and oxygen atoms in total. The number of ether oxygens (including phenoxy) is 1. The number of aromatic hydroxyl groups is 1. The summed E-state index contributed by atoms with van der Waals surface area (Å²) in [5, 5.41) is 32.1. The van der Waals surface area contributed by atoms with Crippen LogP contribution in [0.5, 0.6) is 5.75 Å². The second-order valence-electron chi connectivity index (χ2n) is 11.9. The molecule has 3 N–H and O–H groups in total. The predicted octanol–water partition coefficient (Wildman–Crippen LogP) is 6.27. The van der Waals surface area contributed by atoms with Crippen molar-refractivity contribution in [1.29, 1.82) is 0 Å². The lowest BCUT2D eigenvalue weighted by atomic mass is 9.68. The number of rotatable bonds is 10. The molecule has 1 aliphatic carbocycles. The van der Waals surface area contributed by atoms with E-state index in [0.717, 1.165) is 0 Å². The summed E-state index contributed by atoms with van der Waals surface area (Å²) >= 11 is 0. The Bertz CT molecular complexity index is 1740. The van der Waals surface area contributed by atoms with Crippen LogP contribution in [0.1, 0.15) is 41.6 Å². The number of benzene rings is 2. The van der Waals surface area contributed by atoms with Gasteiger partial charge in [-0.1, -0.05) is 18.2 Å². The minimum absolute atomic E-state index is 0.0338.